The fourth-order valence-corrected chi connectivity index (χ4v) is 4.13. The Labute approximate surface area is 133 Å². The second-order valence-electron chi connectivity index (χ2n) is 6.50. The van der Waals surface area contributed by atoms with Gasteiger partial charge in [-0.3, -0.25) is 19.3 Å². The number of hydrogen-bond acceptors (Lipinski definition) is 4. The van der Waals surface area contributed by atoms with E-state index >= 15 is 0 Å². The van der Waals surface area contributed by atoms with Crippen LogP contribution >= 0.6 is 0 Å². The Kier molecular flexibility index (Phi) is 3.11. The monoisotopic (exact) mass is 311 g/mol. The number of esters is 1. The number of imide groups is 1. The van der Waals surface area contributed by atoms with Crippen LogP contribution in [-0.2, 0) is 20.9 Å². The topological polar surface area (TPSA) is 63.7 Å². The SMILES string of the molecule is CC(=O)Oc1ccc(CN2C(=O)C3C4C=CC(C4)C3C2=O)cc1. The molecule has 2 fully saturated rings. The number of rotatable bonds is 3. The van der Waals surface area contributed by atoms with Crippen molar-refractivity contribution in [2.75, 3.05) is 0 Å². The van der Waals surface area contributed by atoms with Crippen LogP contribution in [0.3, 0.4) is 0 Å². The fourth-order valence-electron chi connectivity index (χ4n) is 4.13. The van der Waals surface area contributed by atoms with Crippen molar-refractivity contribution in [3.05, 3.63) is 42.0 Å². The molecular weight excluding hydrogens is 294 g/mol. The summed E-state index contributed by atoms with van der Waals surface area (Å²) in [5.41, 5.74) is 0.850. The lowest BCUT2D eigenvalue weighted by molar-refractivity contribution is -0.141. The third-order valence-electron chi connectivity index (χ3n) is 5.09. The third-order valence-corrected chi connectivity index (χ3v) is 5.09. The molecule has 1 heterocycles. The van der Waals surface area contributed by atoms with Crippen molar-refractivity contribution in [3.8, 4) is 5.75 Å². The molecule has 0 spiro atoms. The van der Waals surface area contributed by atoms with Gasteiger partial charge in [0.25, 0.3) is 0 Å². The maximum Gasteiger partial charge on any atom is 0.308 e. The smallest absolute Gasteiger partial charge is 0.308 e. The quantitative estimate of drug-likeness (QED) is 0.370. The maximum atomic E-state index is 12.6. The summed E-state index contributed by atoms with van der Waals surface area (Å²) < 4.78 is 4.98. The first-order chi connectivity index (χ1) is 11.0. The van der Waals surface area contributed by atoms with Gasteiger partial charge < -0.3 is 4.74 Å². The number of ether oxygens (including phenoxy) is 1. The zero-order valence-corrected chi connectivity index (χ0v) is 12.8. The van der Waals surface area contributed by atoms with E-state index in [2.05, 4.69) is 12.2 Å². The first-order valence-electron chi connectivity index (χ1n) is 7.85. The predicted octanol–water partition coefficient (Wildman–Crippen LogP) is 1.92. The van der Waals surface area contributed by atoms with Crippen molar-refractivity contribution in [3.63, 3.8) is 0 Å². The number of amides is 2. The molecule has 4 rings (SSSR count). The van der Waals surface area contributed by atoms with E-state index in [4.69, 9.17) is 4.74 Å². The molecule has 3 aliphatic rings. The minimum Gasteiger partial charge on any atom is -0.427 e. The number of likely N-dealkylation sites (tertiary alicyclic amines) is 1. The molecule has 1 aromatic carbocycles. The molecular formula is C18H17NO4. The molecule has 0 aromatic heterocycles. The van der Waals surface area contributed by atoms with E-state index in [9.17, 15) is 14.4 Å². The highest BCUT2D eigenvalue weighted by Gasteiger charge is 2.59. The van der Waals surface area contributed by atoms with Crippen LogP contribution < -0.4 is 4.74 Å². The van der Waals surface area contributed by atoms with Gasteiger partial charge in [-0.1, -0.05) is 24.3 Å². The van der Waals surface area contributed by atoms with Crippen molar-refractivity contribution in [1.29, 1.82) is 0 Å². The Morgan fingerprint density at radius 3 is 2.17 bits per heavy atom. The third kappa shape index (κ3) is 2.19. The van der Waals surface area contributed by atoms with E-state index in [0.717, 1.165) is 12.0 Å². The zero-order valence-electron chi connectivity index (χ0n) is 12.8. The lowest BCUT2D eigenvalue weighted by Gasteiger charge is -2.17. The second-order valence-corrected chi connectivity index (χ2v) is 6.50. The van der Waals surface area contributed by atoms with E-state index in [1.165, 1.54) is 11.8 Å². The van der Waals surface area contributed by atoms with Crippen LogP contribution in [0.4, 0.5) is 0 Å². The summed E-state index contributed by atoms with van der Waals surface area (Å²) in [4.78, 5) is 37.5. The lowest BCUT2D eigenvalue weighted by Crippen LogP contribution is -2.32. The van der Waals surface area contributed by atoms with Gasteiger partial charge in [0.1, 0.15) is 5.75 Å². The Bertz CT molecular complexity index is 691. The number of hydrogen-bond donors (Lipinski definition) is 0. The van der Waals surface area contributed by atoms with Gasteiger partial charge in [0, 0.05) is 6.92 Å². The Hall–Kier alpha value is -2.43. The summed E-state index contributed by atoms with van der Waals surface area (Å²) in [5, 5.41) is 0. The zero-order chi connectivity index (χ0) is 16.1. The highest BCUT2D eigenvalue weighted by molar-refractivity contribution is 6.06. The maximum absolute atomic E-state index is 12.6. The van der Waals surface area contributed by atoms with Crippen LogP contribution in [0, 0.1) is 23.7 Å². The average molecular weight is 311 g/mol. The molecule has 23 heavy (non-hydrogen) atoms. The molecule has 4 atom stereocenters. The minimum absolute atomic E-state index is 0.0408. The van der Waals surface area contributed by atoms with Crippen LogP contribution in [0.15, 0.2) is 36.4 Å². The van der Waals surface area contributed by atoms with E-state index in [1.54, 1.807) is 24.3 Å². The van der Waals surface area contributed by atoms with Gasteiger partial charge in [-0.15, -0.1) is 0 Å². The van der Waals surface area contributed by atoms with Gasteiger partial charge in [-0.05, 0) is 36.0 Å². The average Bonchev–Trinajstić information content (AvgIpc) is 3.18. The van der Waals surface area contributed by atoms with Crippen LogP contribution in [-0.4, -0.2) is 22.7 Å². The van der Waals surface area contributed by atoms with Crippen molar-refractivity contribution >= 4 is 17.8 Å². The molecule has 5 heteroatoms. The van der Waals surface area contributed by atoms with E-state index in [1.807, 2.05) is 0 Å². The summed E-state index contributed by atoms with van der Waals surface area (Å²) in [6.07, 6.45) is 5.13. The number of nitrogens with zero attached hydrogens (tertiary/aromatic N) is 1. The fraction of sp³-hybridized carbons (Fsp3) is 0.389. The molecule has 5 nitrogen and oxygen atoms in total. The molecule has 1 aromatic rings. The number of carbonyl (C=O) groups is 3. The molecule has 2 aliphatic carbocycles. The van der Waals surface area contributed by atoms with Gasteiger partial charge in [0.05, 0.1) is 18.4 Å². The summed E-state index contributed by atoms with van der Waals surface area (Å²) >= 11 is 0. The summed E-state index contributed by atoms with van der Waals surface area (Å²) in [7, 11) is 0. The number of carbonyl (C=O) groups excluding carboxylic acids is 3. The van der Waals surface area contributed by atoms with Crippen LogP contribution in [0.25, 0.3) is 0 Å². The molecule has 0 radical (unpaired) electrons. The molecule has 1 aliphatic heterocycles. The molecule has 118 valence electrons. The molecule has 2 bridgehead atoms. The summed E-state index contributed by atoms with van der Waals surface area (Å²) in [5.74, 6) is 0.158. The van der Waals surface area contributed by atoms with E-state index < -0.39 is 0 Å². The van der Waals surface area contributed by atoms with Crippen molar-refractivity contribution < 1.29 is 19.1 Å². The predicted molar refractivity (Wildman–Crippen MR) is 81.0 cm³/mol. The number of benzene rings is 1. The van der Waals surface area contributed by atoms with Gasteiger partial charge in [-0.25, -0.2) is 0 Å². The molecule has 2 amide bonds. The van der Waals surface area contributed by atoms with Crippen LogP contribution in [0.1, 0.15) is 18.9 Å². The Morgan fingerprint density at radius 1 is 1.09 bits per heavy atom. The number of fused-ring (bicyclic) bond motifs is 5. The van der Waals surface area contributed by atoms with Crippen LogP contribution in [0.5, 0.6) is 5.75 Å². The molecule has 0 N–H and O–H groups in total. The van der Waals surface area contributed by atoms with E-state index in [0.29, 0.717) is 5.75 Å². The lowest BCUT2D eigenvalue weighted by atomic mass is 9.85. The van der Waals surface area contributed by atoms with Gasteiger partial charge >= 0.3 is 5.97 Å². The number of allylic oxidation sites excluding steroid dienone is 2. The van der Waals surface area contributed by atoms with Gasteiger partial charge in [-0.2, -0.15) is 0 Å². The normalized spacial score (nSPS) is 30.9. The highest BCUT2D eigenvalue weighted by atomic mass is 16.5. The highest BCUT2D eigenvalue weighted by Crippen LogP contribution is 2.52. The van der Waals surface area contributed by atoms with Crippen molar-refractivity contribution in [2.24, 2.45) is 23.7 Å². The first-order valence-corrected chi connectivity index (χ1v) is 7.85. The van der Waals surface area contributed by atoms with Crippen molar-refractivity contribution in [1.82, 2.24) is 4.90 Å². The molecule has 4 unspecified atom stereocenters. The summed E-state index contributed by atoms with van der Waals surface area (Å²) in [6.45, 7) is 1.63. The standard InChI is InChI=1S/C18H17NO4/c1-10(20)23-14-6-2-11(3-7-14)9-19-17(21)15-12-4-5-13(8-12)16(15)18(19)22/h2-7,12-13,15-16H,8-9H2,1H3. The Balaban J connectivity index is 1.50. The second kappa shape index (κ2) is 5.05. The first kappa shape index (κ1) is 14.2. The molecule has 1 saturated heterocycles. The van der Waals surface area contributed by atoms with Gasteiger partial charge in [0.2, 0.25) is 11.8 Å². The van der Waals surface area contributed by atoms with Gasteiger partial charge in [0.15, 0.2) is 0 Å². The Morgan fingerprint density at radius 2 is 1.65 bits per heavy atom. The minimum atomic E-state index is -0.376. The van der Waals surface area contributed by atoms with Crippen LogP contribution in [0.2, 0.25) is 0 Å². The van der Waals surface area contributed by atoms with E-state index in [-0.39, 0.29) is 48.0 Å². The molecule has 1 saturated carbocycles. The van der Waals surface area contributed by atoms with Crippen molar-refractivity contribution in [2.45, 2.75) is 19.9 Å². The largest absolute Gasteiger partial charge is 0.427 e. The summed E-state index contributed by atoms with van der Waals surface area (Å²) in [6, 6.07) is 6.90.